The molecule has 0 saturated heterocycles. The minimum Gasteiger partial charge on any atom is -0.366 e. The molecule has 0 aliphatic rings. The number of aromatic nitrogens is 2. The predicted octanol–water partition coefficient (Wildman–Crippen LogP) is 4.88. The van der Waals surface area contributed by atoms with Crippen LogP contribution in [0.5, 0.6) is 0 Å². The first-order valence-corrected chi connectivity index (χ1v) is 7.76. The van der Waals surface area contributed by atoms with E-state index in [1.165, 1.54) is 6.07 Å². The molecule has 0 atom stereocenters. The molecule has 0 unspecified atom stereocenters. The summed E-state index contributed by atoms with van der Waals surface area (Å²) in [7, 11) is 0. The Morgan fingerprint density at radius 3 is 2.65 bits per heavy atom. The monoisotopic (exact) mass is 401 g/mol. The summed E-state index contributed by atoms with van der Waals surface area (Å²) in [6.45, 7) is 4.42. The van der Waals surface area contributed by atoms with Crippen molar-refractivity contribution in [2.24, 2.45) is 0 Å². The Hall–Kier alpha value is -1.01. The van der Waals surface area contributed by atoms with Gasteiger partial charge in [0.2, 0.25) is 0 Å². The summed E-state index contributed by atoms with van der Waals surface area (Å²) in [4.78, 5) is 8.72. The molecule has 0 radical (unpaired) electrons. The zero-order valence-electron chi connectivity index (χ0n) is 11.1. The van der Waals surface area contributed by atoms with E-state index < -0.39 is 0 Å². The summed E-state index contributed by atoms with van der Waals surface area (Å²) >= 11 is 6.70. The molecule has 6 heteroatoms. The highest BCUT2D eigenvalue weighted by molar-refractivity contribution is 9.10. The second-order valence-corrected chi connectivity index (χ2v) is 6.41. The summed E-state index contributed by atoms with van der Waals surface area (Å²) in [6, 6.07) is 6.65. The van der Waals surface area contributed by atoms with E-state index in [9.17, 15) is 4.39 Å². The van der Waals surface area contributed by atoms with Gasteiger partial charge in [-0.25, -0.2) is 14.4 Å². The highest BCUT2D eigenvalue weighted by Crippen LogP contribution is 2.20. The van der Waals surface area contributed by atoms with Gasteiger partial charge in [0, 0.05) is 28.6 Å². The van der Waals surface area contributed by atoms with E-state index in [0.717, 1.165) is 10.3 Å². The third-order valence-electron chi connectivity index (χ3n) is 2.70. The van der Waals surface area contributed by atoms with Gasteiger partial charge in [0.1, 0.15) is 22.1 Å². The first-order chi connectivity index (χ1) is 9.45. The van der Waals surface area contributed by atoms with Crippen LogP contribution in [0.4, 0.5) is 10.2 Å². The van der Waals surface area contributed by atoms with Gasteiger partial charge in [-0.2, -0.15) is 0 Å². The molecule has 20 heavy (non-hydrogen) atoms. The number of nitrogens with zero attached hydrogens (tertiary/aromatic N) is 2. The molecule has 0 bridgehead atoms. The maximum absolute atomic E-state index is 13.7. The number of hydrogen-bond acceptors (Lipinski definition) is 3. The van der Waals surface area contributed by atoms with Gasteiger partial charge < -0.3 is 5.32 Å². The molecule has 2 rings (SSSR count). The van der Waals surface area contributed by atoms with E-state index in [4.69, 9.17) is 0 Å². The lowest BCUT2D eigenvalue weighted by atomic mass is 10.2. The molecule has 0 aliphatic carbocycles. The largest absolute Gasteiger partial charge is 0.366 e. The molecule has 1 N–H and O–H groups in total. The van der Waals surface area contributed by atoms with Crippen molar-refractivity contribution >= 4 is 37.7 Å². The quantitative estimate of drug-likeness (QED) is 0.740. The van der Waals surface area contributed by atoms with Crippen molar-refractivity contribution in [2.75, 3.05) is 5.32 Å². The lowest BCUT2D eigenvalue weighted by Gasteiger charge is -2.10. The number of benzene rings is 1. The van der Waals surface area contributed by atoms with Gasteiger partial charge in [-0.1, -0.05) is 29.8 Å². The molecule has 0 saturated carbocycles. The molecule has 3 nitrogen and oxygen atoms in total. The molecule has 106 valence electrons. The zero-order valence-corrected chi connectivity index (χ0v) is 14.3. The van der Waals surface area contributed by atoms with Gasteiger partial charge in [0.25, 0.3) is 0 Å². The topological polar surface area (TPSA) is 37.8 Å². The SMILES string of the molecule is CC(C)c1nc(Br)cc(NCc2cc(Br)ccc2F)n1. The van der Waals surface area contributed by atoms with Crippen LogP contribution in [-0.4, -0.2) is 9.97 Å². The third kappa shape index (κ3) is 3.99. The molecule has 0 aliphatic heterocycles. The molecule has 0 fully saturated rings. The van der Waals surface area contributed by atoms with E-state index in [2.05, 4.69) is 47.1 Å². The van der Waals surface area contributed by atoms with Crippen molar-refractivity contribution in [1.29, 1.82) is 0 Å². The summed E-state index contributed by atoms with van der Waals surface area (Å²) in [5.74, 6) is 1.42. The van der Waals surface area contributed by atoms with Crippen molar-refractivity contribution in [2.45, 2.75) is 26.3 Å². The van der Waals surface area contributed by atoms with Crippen LogP contribution in [0.3, 0.4) is 0 Å². The average Bonchev–Trinajstić information content (AvgIpc) is 2.39. The zero-order chi connectivity index (χ0) is 14.7. The fourth-order valence-corrected chi connectivity index (χ4v) is 2.46. The fourth-order valence-electron chi connectivity index (χ4n) is 1.65. The van der Waals surface area contributed by atoms with Crippen LogP contribution in [0.1, 0.15) is 31.2 Å². The van der Waals surface area contributed by atoms with E-state index >= 15 is 0 Å². The first-order valence-electron chi connectivity index (χ1n) is 6.18. The highest BCUT2D eigenvalue weighted by atomic mass is 79.9. The van der Waals surface area contributed by atoms with Crippen LogP contribution >= 0.6 is 31.9 Å². The van der Waals surface area contributed by atoms with Crippen molar-refractivity contribution in [3.63, 3.8) is 0 Å². The third-order valence-corrected chi connectivity index (χ3v) is 3.60. The van der Waals surface area contributed by atoms with Gasteiger partial charge in [-0.3, -0.25) is 0 Å². The lowest BCUT2D eigenvalue weighted by molar-refractivity contribution is 0.612. The molecule has 1 aromatic heterocycles. The molecule has 0 amide bonds. The molecule has 0 spiro atoms. The van der Waals surface area contributed by atoms with Gasteiger partial charge in [0.05, 0.1) is 0 Å². The Morgan fingerprint density at radius 1 is 1.20 bits per heavy atom. The van der Waals surface area contributed by atoms with Crippen LogP contribution in [0.15, 0.2) is 33.3 Å². The second-order valence-electron chi connectivity index (χ2n) is 4.68. The Balaban J connectivity index is 2.16. The van der Waals surface area contributed by atoms with Crippen molar-refractivity contribution < 1.29 is 4.39 Å². The minimum atomic E-state index is -0.238. The number of anilines is 1. The van der Waals surface area contributed by atoms with Crippen LogP contribution in [0.2, 0.25) is 0 Å². The second kappa shape index (κ2) is 6.63. The van der Waals surface area contributed by atoms with Crippen molar-refractivity contribution in [1.82, 2.24) is 9.97 Å². The molecular formula is C14H14Br2FN3. The first kappa shape index (κ1) is 15.4. The molecular weight excluding hydrogens is 389 g/mol. The standard InChI is InChI=1S/C14H14Br2FN3/c1-8(2)14-19-12(16)6-13(20-14)18-7-9-5-10(15)3-4-11(9)17/h3-6,8H,7H2,1-2H3,(H,18,19,20). The summed E-state index contributed by atoms with van der Waals surface area (Å²) in [5, 5.41) is 3.12. The minimum absolute atomic E-state index is 0.232. The average molecular weight is 403 g/mol. The highest BCUT2D eigenvalue weighted by Gasteiger charge is 2.08. The number of hydrogen-bond donors (Lipinski definition) is 1. The Labute approximate surface area is 134 Å². The Bertz CT molecular complexity index is 617. The van der Waals surface area contributed by atoms with E-state index in [-0.39, 0.29) is 11.7 Å². The summed E-state index contributed by atoms with van der Waals surface area (Å²) in [6.07, 6.45) is 0. The smallest absolute Gasteiger partial charge is 0.134 e. The van der Waals surface area contributed by atoms with Crippen molar-refractivity contribution in [3.8, 4) is 0 Å². The van der Waals surface area contributed by atoms with E-state index in [1.54, 1.807) is 18.2 Å². The number of halogens is 3. The Kier molecular flexibility index (Phi) is 5.10. The summed E-state index contributed by atoms with van der Waals surface area (Å²) in [5.41, 5.74) is 0.584. The maximum Gasteiger partial charge on any atom is 0.134 e. The van der Waals surface area contributed by atoms with Crippen LogP contribution < -0.4 is 5.32 Å². The molecule has 1 heterocycles. The lowest BCUT2D eigenvalue weighted by Crippen LogP contribution is -2.07. The van der Waals surface area contributed by atoms with Crippen LogP contribution in [0, 0.1) is 5.82 Å². The molecule has 1 aromatic carbocycles. The van der Waals surface area contributed by atoms with E-state index in [1.807, 2.05) is 13.8 Å². The predicted molar refractivity (Wildman–Crippen MR) is 85.2 cm³/mol. The summed E-state index contributed by atoms with van der Waals surface area (Å²) < 4.78 is 15.2. The molecule has 2 aromatic rings. The van der Waals surface area contributed by atoms with Crippen LogP contribution in [-0.2, 0) is 6.54 Å². The normalized spacial score (nSPS) is 10.9. The number of rotatable bonds is 4. The van der Waals surface area contributed by atoms with E-state index in [0.29, 0.717) is 22.5 Å². The van der Waals surface area contributed by atoms with Gasteiger partial charge >= 0.3 is 0 Å². The van der Waals surface area contributed by atoms with Crippen molar-refractivity contribution in [3.05, 3.63) is 50.5 Å². The van der Waals surface area contributed by atoms with Gasteiger partial charge in [0.15, 0.2) is 0 Å². The van der Waals surface area contributed by atoms with Gasteiger partial charge in [-0.05, 0) is 34.1 Å². The van der Waals surface area contributed by atoms with Gasteiger partial charge in [-0.15, -0.1) is 0 Å². The van der Waals surface area contributed by atoms with Crippen LogP contribution in [0.25, 0.3) is 0 Å². The Morgan fingerprint density at radius 2 is 1.95 bits per heavy atom. The fraction of sp³-hybridized carbons (Fsp3) is 0.286. The number of nitrogens with one attached hydrogen (secondary N) is 1. The maximum atomic E-state index is 13.7.